The number of benzene rings is 4. The zero-order valence-electron chi connectivity index (χ0n) is 26.4. The molecule has 4 aromatic carbocycles. The molecule has 6 heteroatoms. The molecule has 4 bridgehead atoms. The predicted octanol–water partition coefficient (Wildman–Crippen LogP) is 9.50. The van der Waals surface area contributed by atoms with Gasteiger partial charge in [0.05, 0.1) is 0 Å². The van der Waals surface area contributed by atoms with Gasteiger partial charge >= 0.3 is 21.1 Å². The third-order valence-electron chi connectivity index (χ3n) is 11.4. The summed E-state index contributed by atoms with van der Waals surface area (Å²) in [6, 6.07) is 43.6. The molecule has 0 unspecified atom stereocenters. The predicted molar refractivity (Wildman–Crippen MR) is 184 cm³/mol. The molecule has 0 amide bonds. The van der Waals surface area contributed by atoms with Crippen LogP contribution in [0, 0.1) is 35.8 Å². The Morgan fingerprint density at radius 2 is 1.44 bits per heavy atom. The molecule has 0 spiro atoms. The first kappa shape index (κ1) is 29.7. The topological polar surface area (TPSA) is 44.9 Å². The summed E-state index contributed by atoms with van der Waals surface area (Å²) in [6.45, 7) is 0. The molecule has 0 aliphatic heterocycles. The van der Waals surface area contributed by atoms with E-state index in [-0.39, 0.29) is 26.5 Å². The molecule has 48 heavy (non-hydrogen) atoms. The molecular weight excluding hydrogens is 772 g/mol. The number of nitrogens with zero attached hydrogens (tertiary/aromatic N) is 4. The van der Waals surface area contributed by atoms with Gasteiger partial charge in [-0.1, -0.05) is 54.0 Å². The largest absolute Gasteiger partial charge is 2.00 e. The molecule has 4 aliphatic rings. The second-order valence-electron chi connectivity index (χ2n) is 13.8. The van der Waals surface area contributed by atoms with Crippen LogP contribution in [0.3, 0.4) is 0 Å². The van der Waals surface area contributed by atoms with Crippen LogP contribution in [0.4, 0.5) is 0 Å². The van der Waals surface area contributed by atoms with E-state index in [1.54, 1.807) is 10.9 Å². The molecule has 4 fully saturated rings. The van der Waals surface area contributed by atoms with Crippen LogP contribution in [0.15, 0.2) is 122 Å². The molecule has 11 rings (SSSR count). The smallest absolute Gasteiger partial charge is 0.509 e. The standard InChI is InChI=1S/C42H34N4O.Pt/c1-2-8-30(9-3-1)42(32-21-28-20-29(23-32)24-33(42)22-28)31-16-18-43-41(25-31)46-39-13-5-4-12-37(39)38-15-14-36(27-40(38)46)47-35-11-6-10-34(26-35)45-19-7-17-44-45;/h1-19,25,28-29,32-33H,20-24H2;/q-2;+2. The van der Waals surface area contributed by atoms with Crippen LogP contribution in [0.1, 0.15) is 43.2 Å². The van der Waals surface area contributed by atoms with Crippen molar-refractivity contribution >= 4 is 21.8 Å². The minimum absolute atomic E-state index is 0. The molecule has 0 atom stereocenters. The summed E-state index contributed by atoms with van der Waals surface area (Å²) in [6.07, 6.45) is 12.5. The van der Waals surface area contributed by atoms with Crippen molar-refractivity contribution < 1.29 is 25.8 Å². The second-order valence-corrected chi connectivity index (χ2v) is 13.8. The average molecular weight is 806 g/mol. The maximum absolute atomic E-state index is 6.38. The Balaban J connectivity index is 0.00000314. The van der Waals surface area contributed by atoms with Crippen molar-refractivity contribution in [2.24, 2.45) is 23.7 Å². The van der Waals surface area contributed by atoms with Crippen molar-refractivity contribution in [2.75, 3.05) is 0 Å². The van der Waals surface area contributed by atoms with Crippen LogP contribution in [0.5, 0.6) is 11.5 Å². The van der Waals surface area contributed by atoms with Gasteiger partial charge in [-0.25, -0.2) is 4.98 Å². The van der Waals surface area contributed by atoms with E-state index < -0.39 is 0 Å². The van der Waals surface area contributed by atoms with Crippen LogP contribution in [-0.4, -0.2) is 19.3 Å². The normalized spacial score (nSPS) is 24.2. The van der Waals surface area contributed by atoms with E-state index >= 15 is 0 Å². The number of fused-ring (bicyclic) bond motifs is 3. The zero-order valence-corrected chi connectivity index (χ0v) is 28.7. The fourth-order valence-corrected chi connectivity index (χ4v) is 9.88. The molecule has 0 radical (unpaired) electrons. The van der Waals surface area contributed by atoms with Gasteiger partial charge in [0.1, 0.15) is 5.82 Å². The molecule has 5 nitrogen and oxygen atoms in total. The van der Waals surface area contributed by atoms with Gasteiger partial charge in [-0.2, -0.15) is 17.2 Å². The molecule has 238 valence electrons. The molecule has 7 aromatic rings. The fraction of sp³-hybridized carbons (Fsp3) is 0.238. The van der Waals surface area contributed by atoms with Gasteiger partial charge in [-0.15, -0.1) is 35.7 Å². The molecule has 3 aromatic heterocycles. The van der Waals surface area contributed by atoms with Gasteiger partial charge in [0, 0.05) is 41.0 Å². The van der Waals surface area contributed by atoms with E-state index in [1.165, 1.54) is 48.6 Å². The first-order valence-electron chi connectivity index (χ1n) is 16.9. The average Bonchev–Trinajstić information content (AvgIpc) is 3.76. The van der Waals surface area contributed by atoms with E-state index in [1.807, 2.05) is 42.7 Å². The second kappa shape index (κ2) is 11.6. The molecule has 0 N–H and O–H groups in total. The van der Waals surface area contributed by atoms with Crippen molar-refractivity contribution in [1.29, 1.82) is 0 Å². The number of pyridine rings is 1. The third kappa shape index (κ3) is 4.54. The third-order valence-corrected chi connectivity index (χ3v) is 11.4. The van der Waals surface area contributed by atoms with Gasteiger partial charge in [0.2, 0.25) is 0 Å². The van der Waals surface area contributed by atoms with Gasteiger partial charge in [0.25, 0.3) is 0 Å². The number of aromatic nitrogens is 4. The van der Waals surface area contributed by atoms with Gasteiger partial charge in [-0.05, 0) is 102 Å². The summed E-state index contributed by atoms with van der Waals surface area (Å²) in [5, 5.41) is 6.65. The summed E-state index contributed by atoms with van der Waals surface area (Å²) in [5.41, 5.74) is 5.79. The van der Waals surface area contributed by atoms with Crippen LogP contribution < -0.4 is 4.74 Å². The fourth-order valence-electron chi connectivity index (χ4n) is 9.88. The number of rotatable bonds is 6. The number of ether oxygens (including phenoxy) is 1. The quantitative estimate of drug-likeness (QED) is 0.158. The molecule has 4 aliphatic carbocycles. The first-order valence-corrected chi connectivity index (χ1v) is 16.9. The maximum Gasteiger partial charge on any atom is 2.00 e. The molecular formula is C42H34N4OPt. The van der Waals surface area contributed by atoms with E-state index in [0.29, 0.717) is 23.3 Å². The Bertz CT molecular complexity index is 2230. The van der Waals surface area contributed by atoms with E-state index in [0.717, 1.165) is 39.8 Å². The van der Waals surface area contributed by atoms with Crippen molar-refractivity contribution in [3.05, 3.63) is 145 Å². The van der Waals surface area contributed by atoms with Crippen molar-refractivity contribution in [1.82, 2.24) is 19.3 Å². The summed E-state index contributed by atoms with van der Waals surface area (Å²) >= 11 is 0. The Hall–Kier alpha value is -4.47. The van der Waals surface area contributed by atoms with Crippen molar-refractivity contribution in [3.8, 4) is 23.0 Å². The summed E-state index contributed by atoms with van der Waals surface area (Å²) in [5.74, 6) is 5.27. The van der Waals surface area contributed by atoms with E-state index in [4.69, 9.17) is 9.72 Å². The Morgan fingerprint density at radius 1 is 0.667 bits per heavy atom. The van der Waals surface area contributed by atoms with Gasteiger partial charge in [-0.3, -0.25) is 4.68 Å². The Labute approximate surface area is 294 Å². The first-order chi connectivity index (χ1) is 23.2. The number of hydrogen-bond acceptors (Lipinski definition) is 3. The molecule has 4 saturated carbocycles. The van der Waals surface area contributed by atoms with Crippen LogP contribution in [-0.2, 0) is 26.5 Å². The van der Waals surface area contributed by atoms with Crippen LogP contribution in [0.2, 0.25) is 0 Å². The number of hydrogen-bond donors (Lipinski definition) is 0. The van der Waals surface area contributed by atoms with E-state index in [9.17, 15) is 0 Å². The monoisotopic (exact) mass is 805 g/mol. The minimum atomic E-state index is 0. The van der Waals surface area contributed by atoms with Gasteiger partial charge in [0.15, 0.2) is 0 Å². The maximum atomic E-state index is 6.38. The van der Waals surface area contributed by atoms with Crippen molar-refractivity contribution in [2.45, 2.75) is 37.5 Å². The molecule has 0 saturated heterocycles. The zero-order chi connectivity index (χ0) is 31.0. The van der Waals surface area contributed by atoms with E-state index in [2.05, 4.69) is 94.6 Å². The summed E-state index contributed by atoms with van der Waals surface area (Å²) in [7, 11) is 0. The summed E-state index contributed by atoms with van der Waals surface area (Å²) < 4.78 is 10.4. The Kier molecular flexibility index (Phi) is 7.16. The van der Waals surface area contributed by atoms with Gasteiger partial charge < -0.3 is 9.30 Å². The molecule has 3 heterocycles. The van der Waals surface area contributed by atoms with Crippen LogP contribution in [0.25, 0.3) is 33.3 Å². The Morgan fingerprint density at radius 3 is 2.23 bits per heavy atom. The van der Waals surface area contributed by atoms with Crippen LogP contribution >= 0.6 is 0 Å². The summed E-state index contributed by atoms with van der Waals surface area (Å²) in [4.78, 5) is 5.06. The van der Waals surface area contributed by atoms with Crippen molar-refractivity contribution in [3.63, 3.8) is 0 Å². The minimum Gasteiger partial charge on any atom is -0.509 e. The number of para-hydroxylation sites is 1. The SMILES string of the molecule is [Pt+2].[c-]1c(Oc2[c-]c3c(cc2)c2ccccc2n3-c2cc(C3(c4ccccc4)C4CC5CC(C4)CC3C5)ccn2)cccc1-n1cccn1.